The number of methoxy groups -OCH3 is 1. The summed E-state index contributed by atoms with van der Waals surface area (Å²) in [7, 11) is 1.51. The molecule has 120 valence electrons. The third kappa shape index (κ3) is 4.71. The van der Waals surface area contributed by atoms with Gasteiger partial charge in [0.2, 0.25) is 0 Å². The molecule has 1 aliphatic heterocycles. The third-order valence-corrected chi connectivity index (χ3v) is 3.97. The van der Waals surface area contributed by atoms with Crippen LogP contribution in [0.5, 0.6) is 5.75 Å². The van der Waals surface area contributed by atoms with E-state index in [1.807, 2.05) is 0 Å². The van der Waals surface area contributed by atoms with Crippen LogP contribution in [0.2, 0.25) is 0 Å². The van der Waals surface area contributed by atoms with Crippen molar-refractivity contribution in [2.24, 2.45) is 0 Å². The molecule has 7 heteroatoms. The van der Waals surface area contributed by atoms with Crippen LogP contribution < -0.4 is 10.1 Å². The maximum Gasteiger partial charge on any atom is 0.339 e. The highest BCUT2D eigenvalue weighted by molar-refractivity contribution is 9.10. The van der Waals surface area contributed by atoms with Crippen LogP contribution in [0.1, 0.15) is 23.2 Å². The summed E-state index contributed by atoms with van der Waals surface area (Å²) in [6.07, 6.45) is 2.02. The van der Waals surface area contributed by atoms with Gasteiger partial charge in [-0.1, -0.05) is 0 Å². The minimum absolute atomic E-state index is 0.0622. The number of halogens is 1. The normalized spacial score (nSPS) is 17.1. The van der Waals surface area contributed by atoms with Crippen LogP contribution in [0.25, 0.3) is 0 Å². The lowest BCUT2D eigenvalue weighted by Crippen LogP contribution is -2.34. The van der Waals surface area contributed by atoms with Crippen molar-refractivity contribution in [3.63, 3.8) is 0 Å². The summed E-state index contributed by atoms with van der Waals surface area (Å²) in [5.74, 6) is -0.390. The number of benzene rings is 1. The largest absolute Gasteiger partial charge is 0.497 e. The van der Waals surface area contributed by atoms with Gasteiger partial charge in [0, 0.05) is 17.6 Å². The number of carbonyl (C=O) groups is 2. The zero-order chi connectivity index (χ0) is 15.9. The molecule has 1 fully saturated rings. The molecule has 0 aromatic heterocycles. The number of ether oxygens (including phenoxy) is 3. The van der Waals surface area contributed by atoms with E-state index in [0.717, 1.165) is 19.4 Å². The van der Waals surface area contributed by atoms with E-state index < -0.39 is 5.97 Å². The number of hydrogen-bond acceptors (Lipinski definition) is 5. The van der Waals surface area contributed by atoms with Crippen molar-refractivity contribution in [3.05, 3.63) is 28.2 Å². The smallest absolute Gasteiger partial charge is 0.339 e. The lowest BCUT2D eigenvalue weighted by molar-refractivity contribution is -0.124. The summed E-state index contributed by atoms with van der Waals surface area (Å²) >= 11 is 3.27. The van der Waals surface area contributed by atoms with Crippen molar-refractivity contribution >= 4 is 27.8 Å². The first-order chi connectivity index (χ1) is 10.6. The molecule has 0 bridgehead atoms. The van der Waals surface area contributed by atoms with E-state index in [1.165, 1.54) is 7.11 Å². The number of rotatable bonds is 6. The molecule has 1 aliphatic rings. The molecule has 0 radical (unpaired) electrons. The molecule has 0 spiro atoms. The first-order valence-corrected chi connectivity index (χ1v) is 7.78. The summed E-state index contributed by atoms with van der Waals surface area (Å²) in [5, 5.41) is 2.69. The molecule has 0 aliphatic carbocycles. The van der Waals surface area contributed by atoms with Crippen molar-refractivity contribution < 1.29 is 23.8 Å². The molecule has 1 aromatic rings. The molecule has 1 saturated heterocycles. The van der Waals surface area contributed by atoms with Gasteiger partial charge in [-0.3, -0.25) is 4.79 Å². The van der Waals surface area contributed by atoms with Gasteiger partial charge in [-0.05, 0) is 47.0 Å². The Hall–Kier alpha value is -1.60. The van der Waals surface area contributed by atoms with E-state index in [4.69, 9.17) is 14.2 Å². The standard InChI is InChI=1S/C15H18BrNO5/c1-20-10-4-5-13(16)12(7-10)15(19)22-9-14(18)17-8-11-3-2-6-21-11/h4-5,7,11H,2-3,6,8-9H2,1H3,(H,17,18)/t11-/m1/s1. The first kappa shape index (κ1) is 16.8. The van der Waals surface area contributed by atoms with Crippen LogP contribution in [0.3, 0.4) is 0 Å². The highest BCUT2D eigenvalue weighted by atomic mass is 79.9. The molecular formula is C15H18BrNO5. The second-order valence-corrected chi connectivity index (χ2v) is 5.72. The fourth-order valence-corrected chi connectivity index (χ4v) is 2.49. The number of carbonyl (C=O) groups excluding carboxylic acids is 2. The Morgan fingerprint density at radius 1 is 1.45 bits per heavy atom. The van der Waals surface area contributed by atoms with Gasteiger partial charge in [0.15, 0.2) is 6.61 Å². The van der Waals surface area contributed by atoms with Crippen LogP contribution in [0, 0.1) is 0 Å². The zero-order valence-corrected chi connectivity index (χ0v) is 13.9. The monoisotopic (exact) mass is 371 g/mol. The van der Waals surface area contributed by atoms with Crippen molar-refractivity contribution in [1.82, 2.24) is 5.32 Å². The van der Waals surface area contributed by atoms with Crippen molar-refractivity contribution in [2.75, 3.05) is 26.9 Å². The van der Waals surface area contributed by atoms with Crippen LogP contribution in [0.15, 0.2) is 22.7 Å². The molecule has 6 nitrogen and oxygen atoms in total. The maximum atomic E-state index is 12.0. The number of esters is 1. The quantitative estimate of drug-likeness (QED) is 0.773. The van der Waals surface area contributed by atoms with Crippen LogP contribution in [0.4, 0.5) is 0 Å². The Labute approximate surface area is 137 Å². The van der Waals surface area contributed by atoms with E-state index in [1.54, 1.807) is 18.2 Å². The highest BCUT2D eigenvalue weighted by Gasteiger charge is 2.18. The predicted molar refractivity (Wildman–Crippen MR) is 83.0 cm³/mol. The number of nitrogens with one attached hydrogen (secondary N) is 1. The molecule has 0 saturated carbocycles. The van der Waals surface area contributed by atoms with Gasteiger partial charge < -0.3 is 19.5 Å². The van der Waals surface area contributed by atoms with Crippen molar-refractivity contribution in [2.45, 2.75) is 18.9 Å². The highest BCUT2D eigenvalue weighted by Crippen LogP contribution is 2.23. The third-order valence-electron chi connectivity index (χ3n) is 3.28. The Kier molecular flexibility index (Phi) is 6.21. The second kappa shape index (κ2) is 8.14. The average Bonchev–Trinajstić information content (AvgIpc) is 3.04. The van der Waals surface area contributed by atoms with Gasteiger partial charge in [-0.2, -0.15) is 0 Å². The van der Waals surface area contributed by atoms with Gasteiger partial charge in [0.1, 0.15) is 5.75 Å². The Morgan fingerprint density at radius 3 is 2.95 bits per heavy atom. The minimum Gasteiger partial charge on any atom is -0.497 e. The SMILES string of the molecule is COc1ccc(Br)c(C(=O)OCC(=O)NC[C@H]2CCCO2)c1. The summed E-state index contributed by atoms with van der Waals surface area (Å²) in [5.41, 5.74) is 0.311. The molecule has 1 amide bonds. The molecule has 1 atom stereocenters. The van der Waals surface area contributed by atoms with Crippen molar-refractivity contribution in [3.8, 4) is 5.75 Å². The lowest BCUT2D eigenvalue weighted by Gasteiger charge is -2.11. The van der Waals surface area contributed by atoms with Crippen LogP contribution in [-0.4, -0.2) is 44.8 Å². The second-order valence-electron chi connectivity index (χ2n) is 4.86. The van der Waals surface area contributed by atoms with Crippen molar-refractivity contribution in [1.29, 1.82) is 0 Å². The van der Waals surface area contributed by atoms with E-state index in [-0.39, 0.29) is 18.6 Å². The Balaban J connectivity index is 1.80. The zero-order valence-electron chi connectivity index (χ0n) is 12.3. The maximum absolute atomic E-state index is 12.0. The molecular weight excluding hydrogens is 354 g/mol. The van der Waals surface area contributed by atoms with E-state index in [0.29, 0.717) is 22.3 Å². The van der Waals surface area contributed by atoms with Gasteiger partial charge in [0.05, 0.1) is 18.8 Å². The Morgan fingerprint density at radius 2 is 2.27 bits per heavy atom. The molecule has 1 heterocycles. The molecule has 1 N–H and O–H groups in total. The van der Waals surface area contributed by atoms with Gasteiger partial charge in [-0.15, -0.1) is 0 Å². The van der Waals surface area contributed by atoms with Crippen LogP contribution >= 0.6 is 15.9 Å². The van der Waals surface area contributed by atoms with Crippen LogP contribution in [-0.2, 0) is 14.3 Å². The Bertz CT molecular complexity index is 543. The van der Waals surface area contributed by atoms with Gasteiger partial charge in [0.25, 0.3) is 5.91 Å². The topological polar surface area (TPSA) is 73.9 Å². The fourth-order valence-electron chi connectivity index (χ4n) is 2.08. The van der Waals surface area contributed by atoms with Gasteiger partial charge in [-0.25, -0.2) is 4.79 Å². The average molecular weight is 372 g/mol. The molecule has 22 heavy (non-hydrogen) atoms. The summed E-state index contributed by atoms with van der Waals surface area (Å²) in [4.78, 5) is 23.6. The predicted octanol–water partition coefficient (Wildman–Crippen LogP) is 1.91. The summed E-state index contributed by atoms with van der Waals surface area (Å²) in [6.45, 7) is 0.855. The molecule has 0 unspecified atom stereocenters. The lowest BCUT2D eigenvalue weighted by atomic mass is 10.2. The van der Waals surface area contributed by atoms with Gasteiger partial charge >= 0.3 is 5.97 Å². The molecule has 2 rings (SSSR count). The number of amides is 1. The first-order valence-electron chi connectivity index (χ1n) is 6.99. The van der Waals surface area contributed by atoms with E-state index in [2.05, 4.69) is 21.2 Å². The molecule has 1 aromatic carbocycles. The summed E-state index contributed by atoms with van der Waals surface area (Å²) in [6, 6.07) is 4.96. The van der Waals surface area contributed by atoms with E-state index >= 15 is 0 Å². The fraction of sp³-hybridized carbons (Fsp3) is 0.467. The van der Waals surface area contributed by atoms with E-state index in [9.17, 15) is 9.59 Å². The summed E-state index contributed by atoms with van der Waals surface area (Å²) < 4.78 is 16.0. The minimum atomic E-state index is -0.585. The number of hydrogen-bond donors (Lipinski definition) is 1.